The summed E-state index contributed by atoms with van der Waals surface area (Å²) in [5.74, 6) is 1.13. The molecule has 30 heavy (non-hydrogen) atoms. The molecule has 1 aliphatic heterocycles. The minimum Gasteiger partial charge on any atom is -0.490 e. The zero-order valence-corrected chi connectivity index (χ0v) is 17.5. The lowest BCUT2D eigenvalue weighted by Crippen LogP contribution is -2.41. The average Bonchev–Trinajstić information content (AvgIpc) is 2.97. The standard InChI is InChI=1S/C24H31N3O3/c28-23(13-16-27-15-3-1-2-6-24(27)29)26-19-7-9-20(10-8-19)30-21-11-12-22-18(17-21)5-4-14-25-22/h4-5,11-12,14,17,19-20H,1-3,6-10,13,15-16H2,(H,26,28). The second-order valence-electron chi connectivity index (χ2n) is 8.46. The number of rotatable bonds is 6. The number of likely N-dealkylation sites (tertiary alicyclic amines) is 1. The molecule has 2 aromatic rings. The van der Waals surface area contributed by atoms with Crippen molar-refractivity contribution in [3.8, 4) is 5.75 Å². The summed E-state index contributed by atoms with van der Waals surface area (Å²) >= 11 is 0. The van der Waals surface area contributed by atoms with E-state index in [0.717, 1.165) is 68.1 Å². The van der Waals surface area contributed by atoms with Crippen LogP contribution in [0.5, 0.6) is 5.75 Å². The van der Waals surface area contributed by atoms with Gasteiger partial charge in [0.2, 0.25) is 11.8 Å². The maximum Gasteiger partial charge on any atom is 0.222 e. The van der Waals surface area contributed by atoms with Crippen molar-refractivity contribution in [2.24, 2.45) is 0 Å². The fourth-order valence-corrected chi connectivity index (χ4v) is 4.46. The SMILES string of the molecule is O=C(CCN1CCCCCC1=O)NC1CCC(Oc2ccc3ncccc3c2)CC1. The predicted octanol–water partition coefficient (Wildman–Crippen LogP) is 3.83. The third-order valence-corrected chi connectivity index (χ3v) is 6.20. The first-order valence-corrected chi connectivity index (χ1v) is 11.3. The number of aromatic nitrogens is 1. The summed E-state index contributed by atoms with van der Waals surface area (Å²) in [6, 6.07) is 10.2. The van der Waals surface area contributed by atoms with E-state index in [1.165, 1.54) is 0 Å². The van der Waals surface area contributed by atoms with Crippen LogP contribution in [0.4, 0.5) is 0 Å². The summed E-state index contributed by atoms with van der Waals surface area (Å²) < 4.78 is 6.18. The van der Waals surface area contributed by atoms with Crippen LogP contribution in [0.15, 0.2) is 36.5 Å². The lowest BCUT2D eigenvalue weighted by Gasteiger charge is -2.30. The van der Waals surface area contributed by atoms with Crippen LogP contribution in [0.3, 0.4) is 0 Å². The largest absolute Gasteiger partial charge is 0.490 e. The topological polar surface area (TPSA) is 71.5 Å². The van der Waals surface area contributed by atoms with Gasteiger partial charge in [0.25, 0.3) is 0 Å². The molecular formula is C24H31N3O3. The lowest BCUT2D eigenvalue weighted by atomic mass is 9.92. The molecule has 1 saturated carbocycles. The van der Waals surface area contributed by atoms with Gasteiger partial charge in [0, 0.05) is 43.6 Å². The number of carbonyl (C=O) groups is 2. The van der Waals surface area contributed by atoms with Gasteiger partial charge in [-0.15, -0.1) is 0 Å². The van der Waals surface area contributed by atoms with Gasteiger partial charge in [-0.1, -0.05) is 12.5 Å². The number of fused-ring (bicyclic) bond motifs is 1. The Labute approximate surface area is 178 Å². The van der Waals surface area contributed by atoms with Crippen molar-refractivity contribution < 1.29 is 14.3 Å². The number of hydrogen-bond donors (Lipinski definition) is 1. The van der Waals surface area contributed by atoms with Gasteiger partial charge in [0.15, 0.2) is 0 Å². The van der Waals surface area contributed by atoms with Crippen LogP contribution in [-0.4, -0.2) is 46.9 Å². The molecule has 0 unspecified atom stereocenters. The quantitative estimate of drug-likeness (QED) is 0.787. The third kappa shape index (κ3) is 5.49. The van der Waals surface area contributed by atoms with Crippen LogP contribution < -0.4 is 10.1 Å². The predicted molar refractivity (Wildman–Crippen MR) is 116 cm³/mol. The van der Waals surface area contributed by atoms with Crippen molar-refractivity contribution in [2.75, 3.05) is 13.1 Å². The monoisotopic (exact) mass is 409 g/mol. The number of carbonyl (C=O) groups excluding carboxylic acids is 2. The molecule has 1 aromatic carbocycles. The molecule has 1 saturated heterocycles. The smallest absolute Gasteiger partial charge is 0.222 e. The van der Waals surface area contributed by atoms with E-state index in [1.807, 2.05) is 35.2 Å². The first-order chi connectivity index (χ1) is 14.7. The van der Waals surface area contributed by atoms with E-state index >= 15 is 0 Å². The normalized spacial score (nSPS) is 22.5. The van der Waals surface area contributed by atoms with Crippen molar-refractivity contribution in [2.45, 2.75) is 69.9 Å². The Morgan fingerprint density at radius 2 is 2.00 bits per heavy atom. The number of nitrogens with one attached hydrogen (secondary N) is 1. The van der Waals surface area contributed by atoms with Gasteiger partial charge in [0.05, 0.1) is 11.6 Å². The molecule has 1 aromatic heterocycles. The van der Waals surface area contributed by atoms with E-state index in [4.69, 9.17) is 4.74 Å². The molecule has 4 rings (SSSR count). The number of nitrogens with zero attached hydrogens (tertiary/aromatic N) is 2. The Balaban J connectivity index is 1.19. The lowest BCUT2D eigenvalue weighted by molar-refractivity contribution is -0.131. The van der Waals surface area contributed by atoms with E-state index in [0.29, 0.717) is 19.4 Å². The second kappa shape index (κ2) is 9.92. The van der Waals surface area contributed by atoms with Crippen molar-refractivity contribution in [3.05, 3.63) is 36.5 Å². The Bertz CT molecular complexity index is 877. The van der Waals surface area contributed by atoms with Gasteiger partial charge >= 0.3 is 0 Å². The highest BCUT2D eigenvalue weighted by Crippen LogP contribution is 2.26. The number of ether oxygens (including phenoxy) is 1. The Hall–Kier alpha value is -2.63. The molecule has 2 aliphatic rings. The minimum atomic E-state index is 0.0541. The number of amides is 2. The molecule has 0 spiro atoms. The molecule has 1 aliphatic carbocycles. The molecule has 2 amide bonds. The van der Waals surface area contributed by atoms with Crippen LogP contribution in [0.1, 0.15) is 57.8 Å². The van der Waals surface area contributed by atoms with E-state index < -0.39 is 0 Å². The average molecular weight is 410 g/mol. The van der Waals surface area contributed by atoms with Crippen molar-refractivity contribution in [1.29, 1.82) is 0 Å². The molecule has 0 radical (unpaired) electrons. The molecule has 1 N–H and O–H groups in total. The Kier molecular flexibility index (Phi) is 6.82. The molecular weight excluding hydrogens is 378 g/mol. The highest BCUT2D eigenvalue weighted by molar-refractivity contribution is 5.80. The third-order valence-electron chi connectivity index (χ3n) is 6.20. The summed E-state index contributed by atoms with van der Waals surface area (Å²) in [7, 11) is 0. The van der Waals surface area contributed by atoms with Crippen LogP contribution in [-0.2, 0) is 9.59 Å². The van der Waals surface area contributed by atoms with E-state index in [9.17, 15) is 9.59 Å². The maximum absolute atomic E-state index is 12.4. The minimum absolute atomic E-state index is 0.0541. The Morgan fingerprint density at radius 1 is 1.13 bits per heavy atom. The van der Waals surface area contributed by atoms with E-state index in [1.54, 1.807) is 6.20 Å². The van der Waals surface area contributed by atoms with Crippen LogP contribution in [0.2, 0.25) is 0 Å². The van der Waals surface area contributed by atoms with Crippen molar-refractivity contribution in [3.63, 3.8) is 0 Å². The summed E-state index contributed by atoms with van der Waals surface area (Å²) in [6.45, 7) is 1.33. The molecule has 0 atom stereocenters. The summed E-state index contributed by atoms with van der Waals surface area (Å²) in [5.41, 5.74) is 0.971. The summed E-state index contributed by atoms with van der Waals surface area (Å²) in [6.07, 6.45) is 9.84. The second-order valence-corrected chi connectivity index (χ2v) is 8.46. The van der Waals surface area contributed by atoms with Crippen LogP contribution in [0, 0.1) is 0 Å². The molecule has 6 heteroatoms. The summed E-state index contributed by atoms with van der Waals surface area (Å²) in [4.78, 5) is 30.6. The van der Waals surface area contributed by atoms with Crippen LogP contribution in [0.25, 0.3) is 10.9 Å². The van der Waals surface area contributed by atoms with E-state index in [-0.39, 0.29) is 24.0 Å². The molecule has 0 bridgehead atoms. The van der Waals surface area contributed by atoms with Gasteiger partial charge in [-0.05, 0) is 62.8 Å². The molecule has 160 valence electrons. The van der Waals surface area contributed by atoms with Gasteiger partial charge in [-0.3, -0.25) is 14.6 Å². The fourth-order valence-electron chi connectivity index (χ4n) is 4.46. The first kappa shape index (κ1) is 20.6. The number of pyridine rings is 1. The first-order valence-electron chi connectivity index (χ1n) is 11.3. The van der Waals surface area contributed by atoms with E-state index in [2.05, 4.69) is 10.3 Å². The zero-order chi connectivity index (χ0) is 20.8. The van der Waals surface area contributed by atoms with Crippen molar-refractivity contribution in [1.82, 2.24) is 15.2 Å². The Morgan fingerprint density at radius 3 is 2.87 bits per heavy atom. The summed E-state index contributed by atoms with van der Waals surface area (Å²) in [5, 5.41) is 4.24. The van der Waals surface area contributed by atoms with Crippen molar-refractivity contribution >= 4 is 22.7 Å². The van der Waals surface area contributed by atoms with Gasteiger partial charge in [0.1, 0.15) is 5.75 Å². The van der Waals surface area contributed by atoms with Gasteiger partial charge in [-0.2, -0.15) is 0 Å². The molecule has 6 nitrogen and oxygen atoms in total. The zero-order valence-electron chi connectivity index (χ0n) is 17.5. The maximum atomic E-state index is 12.4. The molecule has 2 fully saturated rings. The highest BCUT2D eigenvalue weighted by atomic mass is 16.5. The van der Waals surface area contributed by atoms with Gasteiger partial charge < -0.3 is 15.0 Å². The molecule has 2 heterocycles. The van der Waals surface area contributed by atoms with Crippen LogP contribution >= 0.6 is 0 Å². The van der Waals surface area contributed by atoms with Gasteiger partial charge in [-0.25, -0.2) is 0 Å². The number of hydrogen-bond acceptors (Lipinski definition) is 4. The number of benzene rings is 1. The fraction of sp³-hybridized carbons (Fsp3) is 0.542. The highest BCUT2D eigenvalue weighted by Gasteiger charge is 2.24.